The van der Waals surface area contributed by atoms with E-state index in [1.807, 2.05) is 0 Å². The molecule has 0 bridgehead atoms. The summed E-state index contributed by atoms with van der Waals surface area (Å²) in [4.78, 5) is 26.8. The van der Waals surface area contributed by atoms with Gasteiger partial charge in [-0.25, -0.2) is 8.42 Å². The molecule has 2 aliphatic rings. The SMILES string of the molecule is CC(=O)N1CCN(C(=O)CC2CS(=O)(=O)CCN2)CC1. The van der Waals surface area contributed by atoms with E-state index in [0.717, 1.165) is 0 Å². The Morgan fingerprint density at radius 3 is 2.30 bits per heavy atom. The highest BCUT2D eigenvalue weighted by Gasteiger charge is 2.29. The summed E-state index contributed by atoms with van der Waals surface area (Å²) in [6.45, 7) is 4.09. The van der Waals surface area contributed by atoms with Gasteiger partial charge in [0.15, 0.2) is 9.84 Å². The fraction of sp³-hybridized carbons (Fsp3) is 0.833. The minimum Gasteiger partial charge on any atom is -0.339 e. The molecule has 0 radical (unpaired) electrons. The molecule has 1 unspecified atom stereocenters. The average Bonchev–Trinajstić information content (AvgIpc) is 2.37. The standard InChI is InChI=1S/C12H21N3O4S/c1-10(16)14-3-5-15(6-4-14)12(17)8-11-9-20(18,19)7-2-13-11/h11,13H,2-9H2,1H3. The van der Waals surface area contributed by atoms with Crippen molar-refractivity contribution in [3.63, 3.8) is 0 Å². The van der Waals surface area contributed by atoms with E-state index in [9.17, 15) is 18.0 Å². The van der Waals surface area contributed by atoms with Gasteiger partial charge in [-0.3, -0.25) is 9.59 Å². The van der Waals surface area contributed by atoms with Crippen LogP contribution in [-0.2, 0) is 19.4 Å². The summed E-state index contributed by atoms with van der Waals surface area (Å²) in [5, 5.41) is 3.08. The molecule has 0 saturated carbocycles. The summed E-state index contributed by atoms with van der Waals surface area (Å²) in [7, 11) is -3.01. The van der Waals surface area contributed by atoms with Crippen LogP contribution in [0, 0.1) is 0 Å². The summed E-state index contributed by atoms with van der Waals surface area (Å²) in [6.07, 6.45) is 0.208. The molecule has 20 heavy (non-hydrogen) atoms. The van der Waals surface area contributed by atoms with Crippen molar-refractivity contribution < 1.29 is 18.0 Å². The van der Waals surface area contributed by atoms with Crippen molar-refractivity contribution in [2.24, 2.45) is 0 Å². The van der Waals surface area contributed by atoms with E-state index in [2.05, 4.69) is 5.32 Å². The van der Waals surface area contributed by atoms with Gasteiger partial charge in [-0.1, -0.05) is 0 Å². The molecule has 0 aromatic heterocycles. The molecule has 2 heterocycles. The van der Waals surface area contributed by atoms with Crippen LogP contribution in [0.2, 0.25) is 0 Å². The van der Waals surface area contributed by atoms with Crippen LogP contribution in [0.3, 0.4) is 0 Å². The first kappa shape index (κ1) is 15.2. The van der Waals surface area contributed by atoms with Crippen LogP contribution >= 0.6 is 0 Å². The summed E-state index contributed by atoms with van der Waals surface area (Å²) in [5.74, 6) is 0.168. The van der Waals surface area contributed by atoms with Crippen molar-refractivity contribution >= 4 is 21.7 Å². The number of nitrogens with one attached hydrogen (secondary N) is 1. The molecule has 0 aliphatic carbocycles. The second kappa shape index (κ2) is 6.09. The third-order valence-electron chi connectivity index (χ3n) is 3.80. The Bertz CT molecular complexity index is 483. The highest BCUT2D eigenvalue weighted by Crippen LogP contribution is 2.09. The molecule has 2 rings (SSSR count). The molecule has 1 N–H and O–H groups in total. The Morgan fingerprint density at radius 2 is 1.75 bits per heavy atom. The first-order valence-corrected chi connectivity index (χ1v) is 8.66. The lowest BCUT2D eigenvalue weighted by molar-refractivity contribution is -0.138. The molecule has 114 valence electrons. The summed E-state index contributed by atoms with van der Waals surface area (Å²) in [5.41, 5.74) is 0. The molecule has 2 aliphatic heterocycles. The van der Waals surface area contributed by atoms with Gasteiger partial charge in [0, 0.05) is 52.1 Å². The van der Waals surface area contributed by atoms with E-state index in [1.54, 1.807) is 9.80 Å². The molecule has 2 amide bonds. The molecular formula is C12H21N3O4S. The Balaban J connectivity index is 1.82. The van der Waals surface area contributed by atoms with Gasteiger partial charge in [-0.2, -0.15) is 0 Å². The number of rotatable bonds is 2. The number of carbonyl (C=O) groups excluding carboxylic acids is 2. The van der Waals surface area contributed by atoms with Crippen LogP contribution in [-0.4, -0.2) is 80.3 Å². The van der Waals surface area contributed by atoms with Crippen LogP contribution in [0.5, 0.6) is 0 Å². The topological polar surface area (TPSA) is 86.8 Å². The molecule has 7 nitrogen and oxygen atoms in total. The van der Waals surface area contributed by atoms with Gasteiger partial charge in [-0.15, -0.1) is 0 Å². The lowest BCUT2D eigenvalue weighted by Gasteiger charge is -2.35. The normalized spacial score (nSPS) is 26.4. The molecule has 2 saturated heterocycles. The second-order valence-corrected chi connectivity index (χ2v) is 7.59. The second-order valence-electron chi connectivity index (χ2n) is 5.36. The number of piperazine rings is 1. The van der Waals surface area contributed by atoms with Crippen molar-refractivity contribution in [1.82, 2.24) is 15.1 Å². The van der Waals surface area contributed by atoms with E-state index in [1.165, 1.54) is 6.92 Å². The average molecular weight is 303 g/mol. The maximum atomic E-state index is 12.1. The number of amides is 2. The molecule has 0 aromatic rings. The van der Waals surface area contributed by atoms with Gasteiger partial charge in [0.05, 0.1) is 11.5 Å². The Morgan fingerprint density at radius 1 is 1.15 bits per heavy atom. The van der Waals surface area contributed by atoms with Crippen LogP contribution in [0.1, 0.15) is 13.3 Å². The first-order chi connectivity index (χ1) is 9.37. The predicted molar refractivity (Wildman–Crippen MR) is 73.9 cm³/mol. The van der Waals surface area contributed by atoms with Crippen LogP contribution in [0.4, 0.5) is 0 Å². The Labute approximate surface area is 119 Å². The molecule has 1 atom stereocenters. The smallest absolute Gasteiger partial charge is 0.224 e. The monoisotopic (exact) mass is 303 g/mol. The van der Waals surface area contributed by atoms with Crippen molar-refractivity contribution in [2.75, 3.05) is 44.2 Å². The van der Waals surface area contributed by atoms with Gasteiger partial charge in [0.2, 0.25) is 11.8 Å². The molecular weight excluding hydrogens is 282 g/mol. The minimum atomic E-state index is -3.01. The van der Waals surface area contributed by atoms with Crippen molar-refractivity contribution in [2.45, 2.75) is 19.4 Å². The van der Waals surface area contributed by atoms with Crippen LogP contribution in [0.25, 0.3) is 0 Å². The highest BCUT2D eigenvalue weighted by molar-refractivity contribution is 7.91. The molecule has 0 spiro atoms. The van der Waals surface area contributed by atoms with Crippen molar-refractivity contribution in [1.29, 1.82) is 0 Å². The first-order valence-electron chi connectivity index (χ1n) is 6.84. The molecule has 8 heteroatoms. The lowest BCUT2D eigenvalue weighted by Crippen LogP contribution is -2.52. The van der Waals surface area contributed by atoms with Gasteiger partial charge < -0.3 is 15.1 Å². The number of nitrogens with zero attached hydrogens (tertiary/aromatic N) is 2. The zero-order valence-corrected chi connectivity index (χ0v) is 12.5. The fourth-order valence-corrected chi connectivity index (χ4v) is 4.05. The van der Waals surface area contributed by atoms with E-state index < -0.39 is 9.84 Å². The van der Waals surface area contributed by atoms with Crippen LogP contribution in [0.15, 0.2) is 0 Å². The van der Waals surface area contributed by atoms with Gasteiger partial charge in [0.25, 0.3) is 0 Å². The maximum absolute atomic E-state index is 12.1. The predicted octanol–water partition coefficient (Wildman–Crippen LogP) is -1.55. The number of carbonyl (C=O) groups is 2. The van der Waals surface area contributed by atoms with Crippen molar-refractivity contribution in [3.8, 4) is 0 Å². The van der Waals surface area contributed by atoms with E-state index in [4.69, 9.17) is 0 Å². The lowest BCUT2D eigenvalue weighted by atomic mass is 10.2. The molecule has 0 aromatic carbocycles. The van der Waals surface area contributed by atoms with Crippen molar-refractivity contribution in [3.05, 3.63) is 0 Å². The highest BCUT2D eigenvalue weighted by atomic mass is 32.2. The van der Waals surface area contributed by atoms with E-state index in [0.29, 0.717) is 32.7 Å². The fourth-order valence-electron chi connectivity index (χ4n) is 2.61. The summed E-state index contributed by atoms with van der Waals surface area (Å²) >= 11 is 0. The zero-order chi connectivity index (χ0) is 14.8. The van der Waals surface area contributed by atoms with Gasteiger partial charge in [0.1, 0.15) is 0 Å². The van der Waals surface area contributed by atoms with Gasteiger partial charge in [-0.05, 0) is 0 Å². The largest absolute Gasteiger partial charge is 0.339 e. The summed E-state index contributed by atoms with van der Waals surface area (Å²) in [6, 6.07) is -0.285. The van der Waals surface area contributed by atoms with Gasteiger partial charge >= 0.3 is 0 Å². The van der Waals surface area contributed by atoms with E-state index >= 15 is 0 Å². The van der Waals surface area contributed by atoms with Crippen LogP contribution < -0.4 is 5.32 Å². The number of hydrogen-bond donors (Lipinski definition) is 1. The zero-order valence-electron chi connectivity index (χ0n) is 11.7. The van der Waals surface area contributed by atoms with E-state index in [-0.39, 0.29) is 35.8 Å². The minimum absolute atomic E-state index is 0.0251. The Kier molecular flexibility index (Phi) is 4.64. The quantitative estimate of drug-likeness (QED) is 0.668. The summed E-state index contributed by atoms with van der Waals surface area (Å²) < 4.78 is 23.1. The maximum Gasteiger partial charge on any atom is 0.224 e. The number of sulfone groups is 1. The molecule has 2 fully saturated rings. The third-order valence-corrected chi connectivity index (χ3v) is 5.54. The Hall–Kier alpha value is -1.15. The number of hydrogen-bond acceptors (Lipinski definition) is 5. The third kappa shape index (κ3) is 3.92.